The van der Waals surface area contributed by atoms with Crippen LogP contribution in [0.2, 0.25) is 0 Å². The number of para-hydroxylation sites is 2. The number of benzene rings is 3. The highest BCUT2D eigenvalue weighted by Crippen LogP contribution is 2.55. The molecule has 6 nitrogen and oxygen atoms in total. The lowest BCUT2D eigenvalue weighted by atomic mass is 10.0. The second-order valence-electron chi connectivity index (χ2n) is 8.70. The largest absolute Gasteiger partial charge is 0.324 e. The van der Waals surface area contributed by atoms with Crippen LogP contribution >= 0.6 is 11.8 Å². The van der Waals surface area contributed by atoms with Crippen molar-refractivity contribution >= 4 is 46.5 Å². The van der Waals surface area contributed by atoms with Gasteiger partial charge in [0.1, 0.15) is 6.54 Å². The number of nitrogens with one attached hydrogen (secondary N) is 1. The molecule has 0 aromatic heterocycles. The first-order valence-corrected chi connectivity index (χ1v) is 12.1. The van der Waals surface area contributed by atoms with Gasteiger partial charge in [0.05, 0.1) is 11.4 Å². The Morgan fingerprint density at radius 3 is 2.44 bits per heavy atom. The van der Waals surface area contributed by atoms with E-state index in [9.17, 15) is 14.4 Å². The minimum Gasteiger partial charge on any atom is -0.324 e. The molecule has 0 unspecified atom stereocenters. The molecule has 0 bridgehead atoms. The molecule has 0 aliphatic carbocycles. The van der Waals surface area contributed by atoms with E-state index in [1.807, 2.05) is 87.5 Å². The van der Waals surface area contributed by atoms with E-state index in [2.05, 4.69) is 5.32 Å². The number of aryl methyl sites for hydroxylation is 3. The number of carbonyl (C=O) groups excluding carboxylic acids is 3. The fraction of sp³-hybridized carbons (Fsp3) is 0.222. The van der Waals surface area contributed by atoms with Crippen molar-refractivity contribution in [1.29, 1.82) is 0 Å². The van der Waals surface area contributed by atoms with Gasteiger partial charge in [-0.15, -0.1) is 11.8 Å². The number of amides is 3. The molecular formula is C27H25N3O3S. The molecule has 2 heterocycles. The molecule has 3 amide bonds. The molecule has 5 rings (SSSR count). The van der Waals surface area contributed by atoms with Crippen LogP contribution in [0.25, 0.3) is 0 Å². The van der Waals surface area contributed by atoms with Gasteiger partial charge in [0, 0.05) is 16.9 Å². The highest BCUT2D eigenvalue weighted by molar-refractivity contribution is 8.02. The van der Waals surface area contributed by atoms with Gasteiger partial charge in [0.2, 0.25) is 16.7 Å². The Hall–Kier alpha value is -3.58. The molecule has 3 aromatic carbocycles. The van der Waals surface area contributed by atoms with E-state index in [0.29, 0.717) is 17.1 Å². The zero-order chi connectivity index (χ0) is 24.0. The first-order valence-electron chi connectivity index (χ1n) is 11.1. The van der Waals surface area contributed by atoms with Crippen molar-refractivity contribution < 1.29 is 14.4 Å². The number of anilines is 3. The number of hydrogen-bond donors (Lipinski definition) is 1. The quantitative estimate of drug-likeness (QED) is 0.607. The number of hydrogen-bond acceptors (Lipinski definition) is 4. The normalized spacial score (nSPS) is 19.1. The van der Waals surface area contributed by atoms with Crippen molar-refractivity contribution in [2.24, 2.45) is 0 Å². The molecule has 1 atom stereocenters. The van der Waals surface area contributed by atoms with Gasteiger partial charge in [-0.3, -0.25) is 24.2 Å². The lowest BCUT2D eigenvalue weighted by Crippen LogP contribution is -2.50. The van der Waals surface area contributed by atoms with Gasteiger partial charge in [0.15, 0.2) is 0 Å². The summed E-state index contributed by atoms with van der Waals surface area (Å²) in [5.74, 6) is -0.497. The summed E-state index contributed by atoms with van der Waals surface area (Å²) in [5, 5.41) is 2.91. The van der Waals surface area contributed by atoms with E-state index in [-0.39, 0.29) is 30.0 Å². The van der Waals surface area contributed by atoms with Crippen molar-refractivity contribution in [2.75, 3.05) is 27.4 Å². The van der Waals surface area contributed by atoms with Crippen molar-refractivity contribution in [2.45, 2.75) is 25.6 Å². The monoisotopic (exact) mass is 471 g/mol. The minimum atomic E-state index is -1.22. The smallest absolute Gasteiger partial charge is 0.269 e. The van der Waals surface area contributed by atoms with Crippen LogP contribution in [0.15, 0.2) is 66.7 Å². The lowest BCUT2D eigenvalue weighted by Gasteiger charge is -2.33. The van der Waals surface area contributed by atoms with Crippen LogP contribution in [0, 0.1) is 20.8 Å². The summed E-state index contributed by atoms with van der Waals surface area (Å²) in [6, 6.07) is 20.8. The Balaban J connectivity index is 1.53. The van der Waals surface area contributed by atoms with Crippen LogP contribution in [0.5, 0.6) is 0 Å². The molecule has 2 aliphatic heterocycles. The third-order valence-corrected chi connectivity index (χ3v) is 7.92. The van der Waals surface area contributed by atoms with Gasteiger partial charge < -0.3 is 5.32 Å². The van der Waals surface area contributed by atoms with Crippen LogP contribution < -0.4 is 15.1 Å². The van der Waals surface area contributed by atoms with Gasteiger partial charge in [0.25, 0.3) is 5.91 Å². The van der Waals surface area contributed by atoms with E-state index < -0.39 is 4.87 Å². The Morgan fingerprint density at radius 1 is 0.941 bits per heavy atom. The fourth-order valence-electron chi connectivity index (χ4n) is 4.62. The molecule has 0 radical (unpaired) electrons. The van der Waals surface area contributed by atoms with E-state index >= 15 is 0 Å². The van der Waals surface area contributed by atoms with Gasteiger partial charge in [-0.25, -0.2) is 0 Å². The summed E-state index contributed by atoms with van der Waals surface area (Å²) in [6.07, 6.45) is 0. The average molecular weight is 472 g/mol. The summed E-state index contributed by atoms with van der Waals surface area (Å²) >= 11 is 1.31. The number of thioether (sulfide) groups is 1. The van der Waals surface area contributed by atoms with Crippen molar-refractivity contribution in [3.05, 3.63) is 89.0 Å². The Bertz CT molecular complexity index is 1340. The summed E-state index contributed by atoms with van der Waals surface area (Å²) in [4.78, 5) is 42.1. The van der Waals surface area contributed by atoms with Gasteiger partial charge in [-0.2, -0.15) is 0 Å². The molecule has 3 aromatic rings. The number of nitrogens with zero attached hydrogens (tertiary/aromatic N) is 2. The standard InChI is InChI=1S/C27H25N3O3S/c1-17-12-13-20(14-19(17)3)30-25(32)16-34-27(30)21-9-5-7-11-23(21)29(26(27)33)15-24(31)28-22-10-6-4-8-18(22)2/h4-14H,15-16H2,1-3H3,(H,28,31)/t27-/m1/s1. The second-order valence-corrected chi connectivity index (χ2v) is 9.87. The summed E-state index contributed by atoms with van der Waals surface area (Å²) in [5.41, 5.74) is 5.90. The van der Waals surface area contributed by atoms with Crippen LogP contribution in [0.1, 0.15) is 22.3 Å². The molecule has 1 fully saturated rings. The van der Waals surface area contributed by atoms with Crippen LogP contribution in [0.3, 0.4) is 0 Å². The third kappa shape index (κ3) is 3.39. The van der Waals surface area contributed by atoms with E-state index in [1.165, 1.54) is 16.7 Å². The number of carbonyl (C=O) groups is 3. The van der Waals surface area contributed by atoms with Gasteiger partial charge >= 0.3 is 0 Å². The molecule has 1 N–H and O–H groups in total. The van der Waals surface area contributed by atoms with E-state index in [1.54, 1.807) is 4.90 Å². The SMILES string of the molecule is Cc1ccc(N2C(=O)CS[C@]23C(=O)N(CC(=O)Nc2ccccc2C)c2ccccc23)cc1C. The van der Waals surface area contributed by atoms with Crippen LogP contribution in [-0.2, 0) is 19.3 Å². The van der Waals surface area contributed by atoms with Crippen molar-refractivity contribution in [3.63, 3.8) is 0 Å². The Morgan fingerprint density at radius 2 is 1.68 bits per heavy atom. The molecule has 1 saturated heterocycles. The van der Waals surface area contributed by atoms with E-state index in [0.717, 1.165) is 22.3 Å². The zero-order valence-electron chi connectivity index (χ0n) is 19.3. The predicted molar refractivity (Wildman–Crippen MR) is 136 cm³/mol. The van der Waals surface area contributed by atoms with E-state index in [4.69, 9.17) is 0 Å². The van der Waals surface area contributed by atoms with Crippen molar-refractivity contribution in [3.8, 4) is 0 Å². The summed E-state index contributed by atoms with van der Waals surface area (Å²) < 4.78 is 0. The highest BCUT2D eigenvalue weighted by Gasteiger charge is 2.61. The molecule has 0 saturated carbocycles. The third-order valence-electron chi connectivity index (χ3n) is 6.53. The maximum atomic E-state index is 14.1. The second kappa shape index (κ2) is 8.33. The molecule has 34 heavy (non-hydrogen) atoms. The van der Waals surface area contributed by atoms with Crippen molar-refractivity contribution in [1.82, 2.24) is 0 Å². The summed E-state index contributed by atoms with van der Waals surface area (Å²) in [7, 11) is 0. The number of rotatable bonds is 4. The molecule has 7 heteroatoms. The molecule has 1 spiro atoms. The molecule has 2 aliphatic rings. The molecular weight excluding hydrogens is 446 g/mol. The van der Waals surface area contributed by atoms with Crippen LogP contribution in [0.4, 0.5) is 17.1 Å². The first-order chi connectivity index (χ1) is 16.3. The Labute approximate surface area is 202 Å². The first kappa shape index (κ1) is 22.2. The fourth-order valence-corrected chi connectivity index (χ4v) is 5.98. The Kier molecular flexibility index (Phi) is 5.44. The van der Waals surface area contributed by atoms with Crippen LogP contribution in [-0.4, -0.2) is 30.0 Å². The number of fused-ring (bicyclic) bond motifs is 2. The topological polar surface area (TPSA) is 69.7 Å². The zero-order valence-corrected chi connectivity index (χ0v) is 20.1. The molecule has 172 valence electrons. The lowest BCUT2D eigenvalue weighted by molar-refractivity contribution is -0.124. The maximum Gasteiger partial charge on any atom is 0.269 e. The average Bonchev–Trinajstić information content (AvgIpc) is 3.28. The highest BCUT2D eigenvalue weighted by atomic mass is 32.2. The predicted octanol–water partition coefficient (Wildman–Crippen LogP) is 4.53. The van der Waals surface area contributed by atoms with Gasteiger partial charge in [-0.05, 0) is 61.7 Å². The summed E-state index contributed by atoms with van der Waals surface area (Å²) in [6.45, 7) is 5.79. The minimum absolute atomic E-state index is 0.123. The maximum absolute atomic E-state index is 14.1. The van der Waals surface area contributed by atoms with Gasteiger partial charge in [-0.1, -0.05) is 42.5 Å².